The van der Waals surface area contributed by atoms with Crippen molar-refractivity contribution in [2.45, 2.75) is 31.3 Å². The van der Waals surface area contributed by atoms with Crippen molar-refractivity contribution in [1.29, 1.82) is 0 Å². The molecule has 0 spiro atoms. The molecule has 1 saturated heterocycles. The van der Waals surface area contributed by atoms with E-state index in [2.05, 4.69) is 27.5 Å². The van der Waals surface area contributed by atoms with Gasteiger partial charge in [-0.3, -0.25) is 9.59 Å². The van der Waals surface area contributed by atoms with Gasteiger partial charge in [-0.1, -0.05) is 42.5 Å². The number of ether oxygens (including phenoxy) is 1. The van der Waals surface area contributed by atoms with Gasteiger partial charge < -0.3 is 10.1 Å². The first-order valence-corrected chi connectivity index (χ1v) is 9.92. The lowest BCUT2D eigenvalue weighted by Gasteiger charge is -2.31. The minimum Gasteiger partial charge on any atom is -0.497 e. The van der Waals surface area contributed by atoms with Crippen LogP contribution in [0.2, 0.25) is 0 Å². The van der Waals surface area contributed by atoms with E-state index in [1.807, 2.05) is 42.5 Å². The lowest BCUT2D eigenvalue weighted by Crippen LogP contribution is -2.30. The van der Waals surface area contributed by atoms with Gasteiger partial charge in [0, 0.05) is 12.8 Å². The number of benzene rings is 2. The van der Waals surface area contributed by atoms with Gasteiger partial charge in [-0.25, -0.2) is 9.58 Å². The van der Waals surface area contributed by atoms with E-state index in [-0.39, 0.29) is 42.7 Å². The fraction of sp³-hybridized carbons (Fsp3) is 0.273. The molecule has 8 nitrogen and oxygen atoms in total. The second-order valence-electron chi connectivity index (χ2n) is 7.44. The van der Waals surface area contributed by atoms with Gasteiger partial charge >= 0.3 is 0 Å². The zero-order valence-corrected chi connectivity index (χ0v) is 16.5. The van der Waals surface area contributed by atoms with E-state index in [0.717, 1.165) is 28.2 Å². The molecule has 0 radical (unpaired) electrons. The molecule has 152 valence electrons. The molecular weight excluding hydrogens is 382 g/mol. The number of aromatic nitrogens is 3. The highest BCUT2D eigenvalue weighted by Crippen LogP contribution is 2.39. The summed E-state index contributed by atoms with van der Waals surface area (Å²) in [6.07, 6.45) is 1.15. The number of rotatable bonds is 4. The van der Waals surface area contributed by atoms with Crippen LogP contribution < -0.4 is 15.0 Å². The van der Waals surface area contributed by atoms with Crippen molar-refractivity contribution >= 4 is 23.7 Å². The number of fused-ring (bicyclic) bond motifs is 1. The molecule has 2 amide bonds. The van der Waals surface area contributed by atoms with Gasteiger partial charge in [0.2, 0.25) is 17.8 Å². The molecule has 3 heterocycles. The summed E-state index contributed by atoms with van der Waals surface area (Å²) in [5.74, 6) is 0.960. The van der Waals surface area contributed by atoms with Crippen LogP contribution >= 0.6 is 0 Å². The summed E-state index contributed by atoms with van der Waals surface area (Å²) in [4.78, 5) is 30.0. The van der Waals surface area contributed by atoms with Crippen LogP contribution in [0.5, 0.6) is 5.75 Å². The summed E-state index contributed by atoms with van der Waals surface area (Å²) in [6, 6.07) is 17.9. The molecule has 1 N–H and O–H groups in total. The largest absolute Gasteiger partial charge is 0.497 e. The summed E-state index contributed by atoms with van der Waals surface area (Å²) in [5.41, 5.74) is 2.19. The van der Waals surface area contributed by atoms with Crippen molar-refractivity contribution in [2.75, 3.05) is 17.3 Å². The van der Waals surface area contributed by atoms with E-state index in [4.69, 9.17) is 4.74 Å². The molecule has 0 aliphatic carbocycles. The maximum absolute atomic E-state index is 12.2. The molecule has 0 saturated carbocycles. The van der Waals surface area contributed by atoms with E-state index in [9.17, 15) is 9.59 Å². The van der Waals surface area contributed by atoms with Crippen molar-refractivity contribution in [3.05, 3.63) is 65.7 Å². The summed E-state index contributed by atoms with van der Waals surface area (Å²) in [7, 11) is 1.64. The number of hydrogen-bond donors (Lipinski definition) is 1. The van der Waals surface area contributed by atoms with Gasteiger partial charge in [0.05, 0.1) is 19.2 Å². The zero-order chi connectivity index (χ0) is 20.7. The molecule has 2 atom stereocenters. The zero-order valence-electron chi connectivity index (χ0n) is 16.5. The topological polar surface area (TPSA) is 89.4 Å². The van der Waals surface area contributed by atoms with Gasteiger partial charge in [0.1, 0.15) is 5.75 Å². The Morgan fingerprint density at radius 3 is 2.33 bits per heavy atom. The van der Waals surface area contributed by atoms with Gasteiger partial charge in [-0.2, -0.15) is 4.98 Å². The Morgan fingerprint density at radius 2 is 1.67 bits per heavy atom. The minimum atomic E-state index is -0.258. The monoisotopic (exact) mass is 403 g/mol. The van der Waals surface area contributed by atoms with Crippen LogP contribution in [0.15, 0.2) is 54.6 Å². The lowest BCUT2D eigenvalue weighted by atomic mass is 9.93. The summed E-state index contributed by atoms with van der Waals surface area (Å²) < 4.78 is 7.05. The SMILES string of the molecule is COc1ccc([C@H]2C[C@H](c3ccccc3)n3nc(N4C(=O)CCC4=O)nc3N2)cc1. The van der Waals surface area contributed by atoms with Crippen LogP contribution in [0.25, 0.3) is 0 Å². The normalized spacial score (nSPS) is 20.8. The second kappa shape index (κ2) is 7.29. The number of imide groups is 1. The average Bonchev–Trinajstić information content (AvgIpc) is 3.35. The Hall–Kier alpha value is -3.68. The third kappa shape index (κ3) is 3.10. The second-order valence-corrected chi connectivity index (χ2v) is 7.44. The third-order valence-electron chi connectivity index (χ3n) is 5.63. The minimum absolute atomic E-state index is 0.00403. The Bertz CT molecular complexity index is 1080. The number of hydrogen-bond acceptors (Lipinski definition) is 6. The van der Waals surface area contributed by atoms with Gasteiger partial charge in [-0.15, -0.1) is 5.10 Å². The van der Waals surface area contributed by atoms with E-state index in [1.54, 1.807) is 11.8 Å². The van der Waals surface area contributed by atoms with Crippen LogP contribution in [0.3, 0.4) is 0 Å². The van der Waals surface area contributed by atoms with Gasteiger partial charge in [0.15, 0.2) is 0 Å². The molecule has 0 bridgehead atoms. The highest BCUT2D eigenvalue weighted by Gasteiger charge is 2.37. The van der Waals surface area contributed by atoms with Gasteiger partial charge in [0.25, 0.3) is 5.95 Å². The molecule has 5 rings (SSSR count). The van der Waals surface area contributed by atoms with Crippen LogP contribution in [-0.4, -0.2) is 33.7 Å². The Labute approximate surface area is 173 Å². The number of amides is 2. The van der Waals surface area contributed by atoms with E-state index in [0.29, 0.717) is 5.95 Å². The lowest BCUT2D eigenvalue weighted by molar-refractivity contribution is -0.121. The number of methoxy groups -OCH3 is 1. The first-order chi connectivity index (χ1) is 14.6. The molecule has 2 aliphatic rings. The predicted octanol–water partition coefficient (Wildman–Crippen LogP) is 3.09. The molecule has 1 fully saturated rings. The third-order valence-corrected chi connectivity index (χ3v) is 5.63. The van der Waals surface area contributed by atoms with Crippen molar-refractivity contribution in [3.63, 3.8) is 0 Å². The van der Waals surface area contributed by atoms with Crippen LogP contribution in [-0.2, 0) is 9.59 Å². The molecule has 2 aromatic carbocycles. The number of carbonyl (C=O) groups excluding carboxylic acids is 2. The quantitative estimate of drug-likeness (QED) is 0.674. The number of nitrogens with zero attached hydrogens (tertiary/aromatic N) is 4. The molecular formula is C22H21N5O3. The number of carbonyl (C=O) groups is 2. The molecule has 0 unspecified atom stereocenters. The predicted molar refractivity (Wildman–Crippen MR) is 110 cm³/mol. The van der Waals surface area contributed by atoms with Crippen molar-refractivity contribution < 1.29 is 14.3 Å². The standard InChI is InChI=1S/C22H21N5O3/c1-30-16-9-7-14(8-10-16)17-13-18(15-5-3-2-4-6-15)27-21(23-17)24-22(25-27)26-19(28)11-12-20(26)29/h2-10,17-18H,11-13H2,1H3,(H,23,24,25)/t17-,18-/m1/s1. The molecule has 30 heavy (non-hydrogen) atoms. The van der Waals surface area contributed by atoms with Crippen LogP contribution in [0, 0.1) is 0 Å². The Balaban J connectivity index is 1.55. The highest BCUT2D eigenvalue weighted by molar-refractivity contribution is 6.18. The summed E-state index contributed by atoms with van der Waals surface area (Å²) in [5, 5.41) is 7.98. The Kier molecular flexibility index (Phi) is 4.46. The van der Waals surface area contributed by atoms with E-state index < -0.39 is 0 Å². The molecule has 3 aromatic rings. The fourth-order valence-electron chi connectivity index (χ4n) is 4.07. The van der Waals surface area contributed by atoms with Crippen molar-refractivity contribution in [3.8, 4) is 5.75 Å². The first-order valence-electron chi connectivity index (χ1n) is 9.92. The maximum Gasteiger partial charge on any atom is 0.260 e. The fourth-order valence-corrected chi connectivity index (χ4v) is 4.07. The summed E-state index contributed by atoms with van der Waals surface area (Å²) in [6.45, 7) is 0. The smallest absolute Gasteiger partial charge is 0.260 e. The molecule has 1 aromatic heterocycles. The molecule has 8 heteroatoms. The highest BCUT2D eigenvalue weighted by atomic mass is 16.5. The number of anilines is 2. The number of nitrogens with one attached hydrogen (secondary N) is 1. The van der Waals surface area contributed by atoms with E-state index in [1.165, 1.54) is 0 Å². The van der Waals surface area contributed by atoms with Crippen molar-refractivity contribution in [2.24, 2.45) is 0 Å². The Morgan fingerprint density at radius 1 is 0.967 bits per heavy atom. The maximum atomic E-state index is 12.2. The summed E-state index contributed by atoms with van der Waals surface area (Å²) >= 11 is 0. The first kappa shape index (κ1) is 18.4. The van der Waals surface area contributed by atoms with Crippen molar-refractivity contribution in [1.82, 2.24) is 14.8 Å². The van der Waals surface area contributed by atoms with Crippen LogP contribution in [0.1, 0.15) is 42.5 Å². The van der Waals surface area contributed by atoms with Crippen LogP contribution in [0.4, 0.5) is 11.9 Å². The van der Waals surface area contributed by atoms with E-state index >= 15 is 0 Å². The average molecular weight is 403 g/mol. The molecule has 2 aliphatic heterocycles. The van der Waals surface area contributed by atoms with Gasteiger partial charge in [-0.05, 0) is 29.7 Å².